The zero-order chi connectivity index (χ0) is 9.84. The van der Waals surface area contributed by atoms with Gasteiger partial charge < -0.3 is 10.6 Å². The van der Waals surface area contributed by atoms with Gasteiger partial charge in [-0.05, 0) is 5.92 Å². The first-order valence-electron chi connectivity index (χ1n) is 4.79. The fourth-order valence-corrected chi connectivity index (χ4v) is 2.25. The van der Waals surface area contributed by atoms with E-state index in [0.29, 0.717) is 0 Å². The second-order valence-electron chi connectivity index (χ2n) is 3.55. The second-order valence-corrected chi connectivity index (χ2v) is 4.63. The maximum Gasteiger partial charge on any atom is 0.240 e. The average molecular weight is 202 g/mol. The van der Waals surface area contributed by atoms with Crippen molar-refractivity contribution >= 4 is 17.7 Å². The first kappa shape index (κ1) is 10.9. The number of nitrogens with two attached hydrogens (primary N) is 1. The highest BCUT2D eigenvalue weighted by molar-refractivity contribution is 7.99. The molecule has 1 aliphatic rings. The van der Waals surface area contributed by atoms with Gasteiger partial charge in [0.2, 0.25) is 5.91 Å². The minimum Gasteiger partial charge on any atom is -0.331 e. The molecule has 2 N–H and O–H groups in total. The Morgan fingerprint density at radius 3 is 2.85 bits per heavy atom. The predicted molar refractivity (Wildman–Crippen MR) is 56.5 cm³/mol. The lowest BCUT2D eigenvalue weighted by molar-refractivity contribution is -0.132. The maximum atomic E-state index is 11.7. The average Bonchev–Trinajstić information content (AvgIpc) is 2.67. The molecule has 1 saturated heterocycles. The number of carbonyl (C=O) groups excluding carboxylic acids is 1. The van der Waals surface area contributed by atoms with Gasteiger partial charge in [-0.3, -0.25) is 4.79 Å². The molecule has 0 aromatic carbocycles. The molecule has 1 amide bonds. The first-order chi connectivity index (χ1) is 6.16. The standard InChI is InChI=1S/C9H18N2OS/c1-3-7(2)8(10)9(12)11-4-5-13-6-11/h7-8H,3-6,10H2,1-2H3/t7?,8-/m0/s1. The van der Waals surface area contributed by atoms with Gasteiger partial charge in [0.1, 0.15) is 0 Å². The van der Waals surface area contributed by atoms with Crippen molar-refractivity contribution < 1.29 is 4.79 Å². The first-order valence-corrected chi connectivity index (χ1v) is 5.94. The van der Waals surface area contributed by atoms with E-state index in [1.54, 1.807) is 11.8 Å². The van der Waals surface area contributed by atoms with Crippen molar-refractivity contribution in [1.82, 2.24) is 4.90 Å². The van der Waals surface area contributed by atoms with E-state index in [1.165, 1.54) is 0 Å². The third kappa shape index (κ3) is 2.61. The van der Waals surface area contributed by atoms with E-state index in [0.717, 1.165) is 24.6 Å². The zero-order valence-corrected chi connectivity index (χ0v) is 9.14. The molecule has 0 saturated carbocycles. The van der Waals surface area contributed by atoms with E-state index in [1.807, 2.05) is 11.8 Å². The third-order valence-electron chi connectivity index (χ3n) is 2.61. The third-order valence-corrected chi connectivity index (χ3v) is 3.57. The summed E-state index contributed by atoms with van der Waals surface area (Å²) in [5.41, 5.74) is 5.85. The van der Waals surface area contributed by atoms with Crippen LogP contribution in [0.2, 0.25) is 0 Å². The van der Waals surface area contributed by atoms with Crippen LogP contribution in [0.3, 0.4) is 0 Å². The van der Waals surface area contributed by atoms with Crippen LogP contribution >= 0.6 is 11.8 Å². The normalized spacial score (nSPS) is 21.6. The Hall–Kier alpha value is -0.220. The van der Waals surface area contributed by atoms with Crippen molar-refractivity contribution in [3.05, 3.63) is 0 Å². The quantitative estimate of drug-likeness (QED) is 0.739. The largest absolute Gasteiger partial charge is 0.331 e. The fourth-order valence-electron chi connectivity index (χ4n) is 1.30. The molecule has 1 unspecified atom stereocenters. The van der Waals surface area contributed by atoms with E-state index < -0.39 is 0 Å². The van der Waals surface area contributed by atoms with Crippen LogP contribution in [0.5, 0.6) is 0 Å². The van der Waals surface area contributed by atoms with Crippen LogP contribution in [-0.4, -0.2) is 35.0 Å². The Labute approximate surface area is 84.0 Å². The summed E-state index contributed by atoms with van der Waals surface area (Å²) in [5, 5.41) is 0. The molecule has 2 atom stereocenters. The van der Waals surface area contributed by atoms with Gasteiger partial charge in [0.05, 0.1) is 11.9 Å². The van der Waals surface area contributed by atoms with Gasteiger partial charge in [0.15, 0.2) is 0 Å². The molecule has 0 aromatic rings. The molecular weight excluding hydrogens is 184 g/mol. The molecule has 0 aromatic heterocycles. The second kappa shape index (κ2) is 4.86. The summed E-state index contributed by atoms with van der Waals surface area (Å²) in [7, 11) is 0. The van der Waals surface area contributed by atoms with E-state index in [-0.39, 0.29) is 17.9 Å². The number of nitrogens with zero attached hydrogens (tertiary/aromatic N) is 1. The highest BCUT2D eigenvalue weighted by atomic mass is 32.2. The molecule has 4 heteroatoms. The van der Waals surface area contributed by atoms with Crippen molar-refractivity contribution in [2.75, 3.05) is 18.2 Å². The summed E-state index contributed by atoms with van der Waals surface area (Å²) < 4.78 is 0. The molecule has 1 fully saturated rings. The number of amides is 1. The number of hydrogen-bond acceptors (Lipinski definition) is 3. The Morgan fingerprint density at radius 2 is 2.38 bits per heavy atom. The van der Waals surface area contributed by atoms with Gasteiger partial charge in [-0.15, -0.1) is 11.8 Å². The molecule has 1 rings (SSSR count). The summed E-state index contributed by atoms with van der Waals surface area (Å²) in [6.07, 6.45) is 0.966. The van der Waals surface area contributed by atoms with Crippen molar-refractivity contribution in [2.24, 2.45) is 11.7 Å². The maximum absolute atomic E-state index is 11.7. The van der Waals surface area contributed by atoms with Crippen LogP contribution in [0, 0.1) is 5.92 Å². The molecule has 76 valence electrons. The minimum atomic E-state index is -0.302. The van der Waals surface area contributed by atoms with Crippen molar-refractivity contribution in [3.63, 3.8) is 0 Å². The minimum absolute atomic E-state index is 0.124. The van der Waals surface area contributed by atoms with Crippen LogP contribution < -0.4 is 5.73 Å². The number of thioether (sulfide) groups is 1. The Balaban J connectivity index is 2.45. The van der Waals surface area contributed by atoms with Gasteiger partial charge in [0.25, 0.3) is 0 Å². The van der Waals surface area contributed by atoms with Gasteiger partial charge in [-0.2, -0.15) is 0 Å². The molecular formula is C9H18N2OS. The van der Waals surface area contributed by atoms with Gasteiger partial charge in [0, 0.05) is 12.3 Å². The lowest BCUT2D eigenvalue weighted by Gasteiger charge is -2.23. The Kier molecular flexibility index (Phi) is 4.06. The predicted octanol–water partition coefficient (Wildman–Crippen LogP) is 0.893. The van der Waals surface area contributed by atoms with E-state index in [2.05, 4.69) is 6.92 Å². The fraction of sp³-hybridized carbons (Fsp3) is 0.889. The van der Waals surface area contributed by atoms with Gasteiger partial charge in [-0.25, -0.2) is 0 Å². The number of hydrogen-bond donors (Lipinski definition) is 1. The number of rotatable bonds is 3. The summed E-state index contributed by atoms with van der Waals surface area (Å²) in [6, 6.07) is -0.302. The topological polar surface area (TPSA) is 46.3 Å². The van der Waals surface area contributed by atoms with Crippen LogP contribution in [0.4, 0.5) is 0 Å². The van der Waals surface area contributed by atoms with Crippen LogP contribution in [0.25, 0.3) is 0 Å². The molecule has 0 aliphatic carbocycles. The van der Waals surface area contributed by atoms with E-state index in [4.69, 9.17) is 5.73 Å². The summed E-state index contributed by atoms with van der Waals surface area (Å²) in [4.78, 5) is 13.6. The highest BCUT2D eigenvalue weighted by Gasteiger charge is 2.26. The van der Waals surface area contributed by atoms with Crippen molar-refractivity contribution in [3.8, 4) is 0 Å². The highest BCUT2D eigenvalue weighted by Crippen LogP contribution is 2.16. The molecule has 0 radical (unpaired) electrons. The van der Waals surface area contributed by atoms with Crippen LogP contribution in [0.1, 0.15) is 20.3 Å². The van der Waals surface area contributed by atoms with Gasteiger partial charge in [-0.1, -0.05) is 20.3 Å². The van der Waals surface area contributed by atoms with Crippen molar-refractivity contribution in [1.29, 1.82) is 0 Å². The molecule has 1 aliphatic heterocycles. The van der Waals surface area contributed by atoms with E-state index >= 15 is 0 Å². The summed E-state index contributed by atoms with van der Waals surface area (Å²) >= 11 is 1.80. The lowest BCUT2D eigenvalue weighted by Crippen LogP contribution is -2.45. The Morgan fingerprint density at radius 1 is 1.69 bits per heavy atom. The van der Waals surface area contributed by atoms with Gasteiger partial charge >= 0.3 is 0 Å². The van der Waals surface area contributed by atoms with Crippen LogP contribution in [0.15, 0.2) is 0 Å². The van der Waals surface area contributed by atoms with Crippen molar-refractivity contribution in [2.45, 2.75) is 26.3 Å². The SMILES string of the molecule is CCC(C)[C@H](N)C(=O)N1CCSC1. The summed E-state index contributed by atoms with van der Waals surface area (Å²) in [6.45, 7) is 4.97. The lowest BCUT2D eigenvalue weighted by atomic mass is 9.99. The van der Waals surface area contributed by atoms with E-state index in [9.17, 15) is 4.79 Å². The molecule has 0 spiro atoms. The number of carbonyl (C=O) groups is 1. The molecule has 3 nitrogen and oxygen atoms in total. The monoisotopic (exact) mass is 202 g/mol. The molecule has 1 heterocycles. The molecule has 0 bridgehead atoms. The Bertz CT molecular complexity index is 180. The van der Waals surface area contributed by atoms with Crippen LogP contribution in [-0.2, 0) is 4.79 Å². The zero-order valence-electron chi connectivity index (χ0n) is 8.32. The smallest absolute Gasteiger partial charge is 0.240 e. The summed E-state index contributed by atoms with van der Waals surface area (Å²) in [5.74, 6) is 2.29. The molecule has 13 heavy (non-hydrogen) atoms.